The van der Waals surface area contributed by atoms with Crippen molar-refractivity contribution in [1.29, 1.82) is 0 Å². The molecule has 27 heavy (non-hydrogen) atoms. The molecule has 0 aromatic heterocycles. The molecule has 2 aromatic carbocycles. The Morgan fingerprint density at radius 3 is 2.78 bits per heavy atom. The standard InChI is InChI=1S/C20H23BrN2O4/c1-4-8-26-20-17(21)10-15(11-18(20)25-3)12-22-23-19(24)13-27-16-7-5-6-14(2)9-16/h5-7,9-12H,4,8,13H2,1-3H3,(H,23,24)/b22-12+. The molecule has 0 spiro atoms. The summed E-state index contributed by atoms with van der Waals surface area (Å²) < 4.78 is 17.2. The van der Waals surface area contributed by atoms with E-state index in [0.29, 0.717) is 23.9 Å². The van der Waals surface area contributed by atoms with Crippen molar-refractivity contribution < 1.29 is 19.0 Å². The molecule has 0 aliphatic heterocycles. The highest BCUT2D eigenvalue weighted by molar-refractivity contribution is 9.10. The number of hydrogen-bond acceptors (Lipinski definition) is 5. The number of ether oxygens (including phenoxy) is 3. The molecule has 2 aromatic rings. The minimum absolute atomic E-state index is 0.113. The number of amides is 1. The van der Waals surface area contributed by atoms with Crippen LogP contribution in [0.25, 0.3) is 0 Å². The van der Waals surface area contributed by atoms with E-state index in [1.807, 2.05) is 38.1 Å². The number of hydrazone groups is 1. The van der Waals surface area contributed by atoms with Gasteiger partial charge in [0.1, 0.15) is 5.75 Å². The fraction of sp³-hybridized carbons (Fsp3) is 0.300. The van der Waals surface area contributed by atoms with Gasteiger partial charge in [-0.15, -0.1) is 0 Å². The lowest BCUT2D eigenvalue weighted by molar-refractivity contribution is -0.123. The Labute approximate surface area is 167 Å². The molecule has 0 saturated carbocycles. The number of carbonyl (C=O) groups is 1. The fourth-order valence-electron chi connectivity index (χ4n) is 2.22. The summed E-state index contributed by atoms with van der Waals surface area (Å²) in [6, 6.07) is 11.1. The van der Waals surface area contributed by atoms with E-state index in [-0.39, 0.29) is 12.5 Å². The van der Waals surface area contributed by atoms with Crippen molar-refractivity contribution in [3.05, 3.63) is 52.0 Å². The zero-order valence-corrected chi connectivity index (χ0v) is 17.2. The highest BCUT2D eigenvalue weighted by Crippen LogP contribution is 2.36. The predicted molar refractivity (Wildman–Crippen MR) is 109 cm³/mol. The van der Waals surface area contributed by atoms with E-state index in [4.69, 9.17) is 14.2 Å². The topological polar surface area (TPSA) is 69.2 Å². The van der Waals surface area contributed by atoms with Crippen LogP contribution in [0.4, 0.5) is 0 Å². The summed E-state index contributed by atoms with van der Waals surface area (Å²) in [5.74, 6) is 1.53. The highest BCUT2D eigenvalue weighted by atomic mass is 79.9. The van der Waals surface area contributed by atoms with E-state index in [1.165, 1.54) is 6.21 Å². The first-order chi connectivity index (χ1) is 13.0. The average Bonchev–Trinajstić information content (AvgIpc) is 2.65. The number of benzene rings is 2. The number of halogens is 1. The van der Waals surface area contributed by atoms with Crippen LogP contribution in [0.2, 0.25) is 0 Å². The molecule has 0 atom stereocenters. The Bertz CT molecular complexity index is 809. The van der Waals surface area contributed by atoms with Crippen molar-refractivity contribution in [3.63, 3.8) is 0 Å². The maximum Gasteiger partial charge on any atom is 0.277 e. The van der Waals surface area contributed by atoms with Crippen LogP contribution in [-0.4, -0.2) is 32.4 Å². The number of methoxy groups -OCH3 is 1. The van der Waals surface area contributed by atoms with Crippen molar-refractivity contribution in [2.45, 2.75) is 20.3 Å². The smallest absolute Gasteiger partial charge is 0.277 e. The Morgan fingerprint density at radius 2 is 2.07 bits per heavy atom. The number of hydrogen-bond donors (Lipinski definition) is 1. The van der Waals surface area contributed by atoms with Crippen molar-refractivity contribution in [3.8, 4) is 17.2 Å². The predicted octanol–water partition coefficient (Wildman–Crippen LogP) is 4.08. The largest absolute Gasteiger partial charge is 0.493 e. The third-order valence-electron chi connectivity index (χ3n) is 3.46. The van der Waals surface area contributed by atoms with Crippen LogP contribution in [-0.2, 0) is 4.79 Å². The van der Waals surface area contributed by atoms with Gasteiger partial charge in [0.25, 0.3) is 5.91 Å². The van der Waals surface area contributed by atoms with Crippen molar-refractivity contribution >= 4 is 28.1 Å². The summed E-state index contributed by atoms with van der Waals surface area (Å²) in [7, 11) is 1.58. The molecule has 2 rings (SSSR count). The van der Waals surface area contributed by atoms with Crippen molar-refractivity contribution in [2.24, 2.45) is 5.10 Å². The molecular formula is C20H23BrN2O4. The second kappa shape index (κ2) is 10.6. The van der Waals surface area contributed by atoms with E-state index in [1.54, 1.807) is 19.2 Å². The number of nitrogens with one attached hydrogen (secondary N) is 1. The summed E-state index contributed by atoms with van der Waals surface area (Å²) in [6.07, 6.45) is 2.43. The zero-order chi connectivity index (χ0) is 19.6. The van der Waals surface area contributed by atoms with E-state index >= 15 is 0 Å². The number of carbonyl (C=O) groups excluding carboxylic acids is 1. The first kappa shape index (κ1) is 20.8. The molecular weight excluding hydrogens is 412 g/mol. The monoisotopic (exact) mass is 434 g/mol. The van der Waals surface area contributed by atoms with Gasteiger partial charge in [0.15, 0.2) is 18.1 Å². The fourth-order valence-corrected chi connectivity index (χ4v) is 2.80. The van der Waals surface area contributed by atoms with Gasteiger partial charge in [-0.05, 0) is 64.7 Å². The molecule has 0 aliphatic rings. The molecule has 1 N–H and O–H groups in total. The Hall–Kier alpha value is -2.54. The SMILES string of the molecule is CCCOc1c(Br)cc(/C=N/NC(=O)COc2cccc(C)c2)cc1OC. The lowest BCUT2D eigenvalue weighted by Gasteiger charge is -2.12. The zero-order valence-electron chi connectivity index (χ0n) is 15.6. The molecule has 0 saturated heterocycles. The van der Waals surface area contributed by atoms with Crippen molar-refractivity contribution in [1.82, 2.24) is 5.43 Å². The van der Waals surface area contributed by atoms with E-state index in [2.05, 4.69) is 26.5 Å². The number of aryl methyl sites for hydroxylation is 1. The quantitative estimate of drug-likeness (QED) is 0.476. The van der Waals surface area contributed by atoms with Gasteiger partial charge in [-0.2, -0.15) is 5.10 Å². The molecule has 0 bridgehead atoms. The van der Waals surface area contributed by atoms with Gasteiger partial charge >= 0.3 is 0 Å². The summed E-state index contributed by atoms with van der Waals surface area (Å²) in [4.78, 5) is 11.9. The third-order valence-corrected chi connectivity index (χ3v) is 4.05. The normalized spacial score (nSPS) is 10.7. The maximum atomic E-state index is 11.9. The Balaban J connectivity index is 1.93. The highest BCUT2D eigenvalue weighted by Gasteiger charge is 2.11. The van der Waals surface area contributed by atoms with E-state index < -0.39 is 0 Å². The molecule has 7 heteroatoms. The van der Waals surface area contributed by atoms with Gasteiger partial charge in [-0.3, -0.25) is 4.79 Å². The van der Waals surface area contributed by atoms with Crippen molar-refractivity contribution in [2.75, 3.05) is 20.3 Å². The van der Waals surface area contributed by atoms with E-state index in [9.17, 15) is 4.79 Å². The average molecular weight is 435 g/mol. The molecule has 144 valence electrons. The lowest BCUT2D eigenvalue weighted by atomic mass is 10.2. The van der Waals surface area contributed by atoms with Crippen LogP contribution in [0.15, 0.2) is 46.0 Å². The molecule has 0 heterocycles. The summed E-state index contributed by atoms with van der Waals surface area (Å²) >= 11 is 3.47. The number of nitrogens with zero attached hydrogens (tertiary/aromatic N) is 1. The molecule has 0 unspecified atom stereocenters. The first-order valence-electron chi connectivity index (χ1n) is 8.55. The van der Waals surface area contributed by atoms with Gasteiger partial charge < -0.3 is 14.2 Å². The Morgan fingerprint density at radius 1 is 1.26 bits per heavy atom. The van der Waals surface area contributed by atoms with Gasteiger partial charge in [0, 0.05) is 0 Å². The summed E-state index contributed by atoms with van der Waals surface area (Å²) in [5, 5.41) is 3.96. The van der Waals surface area contributed by atoms with Gasteiger partial charge in [0.05, 0.1) is 24.4 Å². The minimum atomic E-state index is -0.346. The molecule has 0 radical (unpaired) electrons. The van der Waals surface area contributed by atoms with Gasteiger partial charge in [0.2, 0.25) is 0 Å². The van der Waals surface area contributed by atoms with Crippen LogP contribution in [0.5, 0.6) is 17.2 Å². The third kappa shape index (κ3) is 6.60. The van der Waals surface area contributed by atoms with Crippen LogP contribution >= 0.6 is 15.9 Å². The second-order valence-electron chi connectivity index (χ2n) is 5.78. The van der Waals surface area contributed by atoms with Crippen LogP contribution in [0.1, 0.15) is 24.5 Å². The van der Waals surface area contributed by atoms with E-state index in [0.717, 1.165) is 22.0 Å². The number of rotatable bonds is 9. The van der Waals surface area contributed by atoms with Gasteiger partial charge in [-0.1, -0.05) is 19.1 Å². The lowest BCUT2D eigenvalue weighted by Crippen LogP contribution is -2.24. The summed E-state index contributed by atoms with van der Waals surface area (Å²) in [5.41, 5.74) is 4.26. The summed E-state index contributed by atoms with van der Waals surface area (Å²) in [6.45, 7) is 4.48. The van der Waals surface area contributed by atoms with Crippen LogP contribution in [0, 0.1) is 6.92 Å². The molecule has 6 nitrogen and oxygen atoms in total. The molecule has 0 aliphatic carbocycles. The minimum Gasteiger partial charge on any atom is -0.493 e. The first-order valence-corrected chi connectivity index (χ1v) is 9.34. The molecule has 1 amide bonds. The van der Waals surface area contributed by atoms with Gasteiger partial charge in [-0.25, -0.2) is 5.43 Å². The van der Waals surface area contributed by atoms with Crippen LogP contribution in [0.3, 0.4) is 0 Å². The second-order valence-corrected chi connectivity index (χ2v) is 6.64. The molecule has 0 fully saturated rings. The maximum absolute atomic E-state index is 11.9. The Kier molecular flexibility index (Phi) is 8.13. The van der Waals surface area contributed by atoms with Crippen LogP contribution < -0.4 is 19.6 Å².